The third-order valence-corrected chi connectivity index (χ3v) is 5.17. The molecule has 2 amide bonds. The summed E-state index contributed by atoms with van der Waals surface area (Å²) in [5.74, 6) is 0.0104. The lowest BCUT2D eigenvalue weighted by atomic mass is 10.1. The molecule has 0 spiro atoms. The number of carbonyl (C=O) groups excluding carboxylic acids is 2. The highest BCUT2D eigenvalue weighted by Crippen LogP contribution is 2.32. The van der Waals surface area contributed by atoms with Gasteiger partial charge in [0.1, 0.15) is 17.3 Å². The van der Waals surface area contributed by atoms with Crippen molar-refractivity contribution in [1.29, 1.82) is 0 Å². The summed E-state index contributed by atoms with van der Waals surface area (Å²) in [6.07, 6.45) is 0. The summed E-state index contributed by atoms with van der Waals surface area (Å²) in [4.78, 5) is 29.2. The van der Waals surface area contributed by atoms with Crippen molar-refractivity contribution >= 4 is 34.3 Å². The largest absolute Gasteiger partial charge is 0.495 e. The molecule has 36 heavy (non-hydrogen) atoms. The standard InChI is InChI=1S/C27H24FN3O5/c1-3-35-26(32)16-36-25-15-23(17-8-10-18(28)11-9-17)30-21-13-12-19(14-20(21)25)29-27(33)31-22-6-4-5-7-24(22)34-2/h4-15H,3,16H2,1-2H3,(H2,29,31,33). The first kappa shape index (κ1) is 24.5. The van der Waals surface area contributed by atoms with E-state index in [1.807, 2.05) is 0 Å². The van der Waals surface area contributed by atoms with E-state index in [2.05, 4.69) is 15.6 Å². The monoisotopic (exact) mass is 489 g/mol. The van der Waals surface area contributed by atoms with Crippen LogP contribution in [0.4, 0.5) is 20.6 Å². The van der Waals surface area contributed by atoms with Gasteiger partial charge < -0.3 is 24.8 Å². The maximum atomic E-state index is 13.4. The first-order chi connectivity index (χ1) is 17.5. The molecule has 0 unspecified atom stereocenters. The van der Waals surface area contributed by atoms with Crippen LogP contribution in [0.3, 0.4) is 0 Å². The zero-order valence-electron chi connectivity index (χ0n) is 19.7. The van der Waals surface area contributed by atoms with Gasteiger partial charge in [-0.15, -0.1) is 0 Å². The van der Waals surface area contributed by atoms with Crippen molar-refractivity contribution in [3.05, 3.63) is 78.6 Å². The molecule has 0 radical (unpaired) electrons. The lowest BCUT2D eigenvalue weighted by Crippen LogP contribution is -2.19. The van der Waals surface area contributed by atoms with Gasteiger partial charge >= 0.3 is 12.0 Å². The van der Waals surface area contributed by atoms with Crippen molar-refractivity contribution in [3.63, 3.8) is 0 Å². The molecule has 0 saturated heterocycles. The predicted molar refractivity (Wildman–Crippen MR) is 135 cm³/mol. The van der Waals surface area contributed by atoms with E-state index in [4.69, 9.17) is 14.2 Å². The summed E-state index contributed by atoms with van der Waals surface area (Å²) in [5, 5.41) is 6.09. The van der Waals surface area contributed by atoms with Gasteiger partial charge in [0.2, 0.25) is 0 Å². The minimum Gasteiger partial charge on any atom is -0.495 e. The molecule has 9 heteroatoms. The third kappa shape index (κ3) is 5.87. The van der Waals surface area contributed by atoms with Gasteiger partial charge in [0.25, 0.3) is 0 Å². The number of pyridine rings is 1. The van der Waals surface area contributed by atoms with E-state index in [-0.39, 0.29) is 19.0 Å². The van der Waals surface area contributed by atoms with Gasteiger partial charge in [0, 0.05) is 22.7 Å². The quantitative estimate of drug-likeness (QED) is 0.311. The van der Waals surface area contributed by atoms with Gasteiger partial charge in [-0.3, -0.25) is 0 Å². The van der Waals surface area contributed by atoms with Gasteiger partial charge in [-0.25, -0.2) is 19.0 Å². The van der Waals surface area contributed by atoms with Crippen LogP contribution in [0.15, 0.2) is 72.8 Å². The lowest BCUT2D eigenvalue weighted by molar-refractivity contribution is -0.145. The van der Waals surface area contributed by atoms with Gasteiger partial charge in [-0.05, 0) is 61.5 Å². The average molecular weight is 490 g/mol. The van der Waals surface area contributed by atoms with Crippen LogP contribution in [0.1, 0.15) is 6.92 Å². The van der Waals surface area contributed by atoms with Crippen molar-refractivity contribution in [3.8, 4) is 22.8 Å². The molecule has 1 aromatic heterocycles. The van der Waals surface area contributed by atoms with E-state index in [1.54, 1.807) is 67.6 Å². The fourth-order valence-electron chi connectivity index (χ4n) is 3.53. The number of esters is 1. The number of ether oxygens (including phenoxy) is 3. The van der Waals surface area contributed by atoms with E-state index in [0.29, 0.717) is 45.0 Å². The number of benzene rings is 3. The van der Waals surface area contributed by atoms with Gasteiger partial charge in [0.05, 0.1) is 30.6 Å². The number of carbonyl (C=O) groups is 2. The van der Waals surface area contributed by atoms with Gasteiger partial charge in [-0.2, -0.15) is 0 Å². The van der Waals surface area contributed by atoms with E-state index < -0.39 is 12.0 Å². The molecular formula is C27H24FN3O5. The molecule has 0 fully saturated rings. The third-order valence-electron chi connectivity index (χ3n) is 5.17. The molecule has 4 aromatic rings. The van der Waals surface area contributed by atoms with Crippen molar-refractivity contribution in [2.24, 2.45) is 0 Å². The molecule has 0 aliphatic rings. The maximum Gasteiger partial charge on any atom is 0.344 e. The first-order valence-corrected chi connectivity index (χ1v) is 11.2. The van der Waals surface area contributed by atoms with Gasteiger partial charge in [0.15, 0.2) is 6.61 Å². The van der Waals surface area contributed by atoms with Crippen LogP contribution >= 0.6 is 0 Å². The van der Waals surface area contributed by atoms with Gasteiger partial charge in [-0.1, -0.05) is 12.1 Å². The number of halogens is 1. The number of nitrogens with one attached hydrogen (secondary N) is 2. The number of fused-ring (bicyclic) bond motifs is 1. The second-order valence-electron chi connectivity index (χ2n) is 7.62. The van der Waals surface area contributed by atoms with E-state index in [9.17, 15) is 14.0 Å². The zero-order chi connectivity index (χ0) is 25.5. The molecule has 8 nitrogen and oxygen atoms in total. The van der Waals surface area contributed by atoms with Crippen LogP contribution in [-0.2, 0) is 9.53 Å². The normalized spacial score (nSPS) is 10.5. The fraction of sp³-hybridized carbons (Fsp3) is 0.148. The molecular weight excluding hydrogens is 465 g/mol. The minimum atomic E-state index is -0.517. The molecule has 0 aliphatic heterocycles. The summed E-state index contributed by atoms with van der Waals surface area (Å²) < 4.78 is 29.4. The molecule has 0 aliphatic carbocycles. The average Bonchev–Trinajstić information content (AvgIpc) is 2.88. The molecule has 184 valence electrons. The highest BCUT2D eigenvalue weighted by atomic mass is 19.1. The highest BCUT2D eigenvalue weighted by molar-refractivity contribution is 6.02. The smallest absolute Gasteiger partial charge is 0.344 e. The van der Waals surface area contributed by atoms with Crippen LogP contribution < -0.4 is 20.1 Å². The van der Waals surface area contributed by atoms with Crippen LogP contribution in [0.25, 0.3) is 22.2 Å². The summed E-state index contributed by atoms with van der Waals surface area (Å²) in [7, 11) is 1.52. The number of para-hydroxylation sites is 2. The Hall–Kier alpha value is -4.66. The highest BCUT2D eigenvalue weighted by Gasteiger charge is 2.14. The second kappa shape index (κ2) is 11.2. The molecule has 3 aromatic carbocycles. The molecule has 1 heterocycles. The van der Waals surface area contributed by atoms with Crippen LogP contribution in [0.2, 0.25) is 0 Å². The van der Waals surface area contributed by atoms with Crippen molar-refractivity contribution in [1.82, 2.24) is 4.98 Å². The molecule has 0 atom stereocenters. The topological polar surface area (TPSA) is 98.8 Å². The number of hydrogen-bond acceptors (Lipinski definition) is 6. The number of hydrogen-bond donors (Lipinski definition) is 2. The number of nitrogens with zero attached hydrogens (tertiary/aromatic N) is 1. The van der Waals surface area contributed by atoms with Crippen molar-refractivity contribution in [2.75, 3.05) is 31.0 Å². The summed E-state index contributed by atoms with van der Waals surface area (Å²) in [5.41, 5.74) is 2.77. The molecule has 2 N–H and O–H groups in total. The maximum absolute atomic E-state index is 13.4. The molecule has 4 rings (SSSR count). The Kier molecular flexibility index (Phi) is 7.60. The van der Waals surface area contributed by atoms with E-state index in [1.165, 1.54) is 19.2 Å². The van der Waals surface area contributed by atoms with Crippen molar-refractivity contribution in [2.45, 2.75) is 6.92 Å². The number of rotatable bonds is 8. The van der Waals surface area contributed by atoms with Crippen LogP contribution in [0.5, 0.6) is 11.5 Å². The van der Waals surface area contributed by atoms with E-state index >= 15 is 0 Å². The molecule has 0 saturated carbocycles. The number of urea groups is 1. The Labute approximate surface area is 207 Å². The SMILES string of the molecule is CCOC(=O)COc1cc(-c2ccc(F)cc2)nc2ccc(NC(=O)Nc3ccccc3OC)cc12. The Balaban J connectivity index is 1.64. The molecule has 0 bridgehead atoms. The summed E-state index contributed by atoms with van der Waals surface area (Å²) in [6.45, 7) is 1.64. The zero-order valence-corrected chi connectivity index (χ0v) is 19.7. The Morgan fingerprint density at radius 1 is 0.944 bits per heavy atom. The lowest BCUT2D eigenvalue weighted by Gasteiger charge is -2.14. The number of aromatic nitrogens is 1. The second-order valence-corrected chi connectivity index (χ2v) is 7.62. The van der Waals surface area contributed by atoms with E-state index in [0.717, 1.165) is 0 Å². The number of amides is 2. The Morgan fingerprint density at radius 2 is 1.72 bits per heavy atom. The number of methoxy groups -OCH3 is 1. The minimum absolute atomic E-state index is 0.232. The fourth-order valence-corrected chi connectivity index (χ4v) is 3.53. The van der Waals surface area contributed by atoms with Crippen molar-refractivity contribution < 1.29 is 28.2 Å². The Morgan fingerprint density at radius 3 is 2.47 bits per heavy atom. The summed E-state index contributed by atoms with van der Waals surface area (Å²) in [6, 6.07) is 19.2. The number of anilines is 2. The van der Waals surface area contributed by atoms with Crippen LogP contribution in [-0.4, -0.2) is 37.3 Å². The predicted octanol–water partition coefficient (Wildman–Crippen LogP) is 5.64. The summed E-state index contributed by atoms with van der Waals surface area (Å²) >= 11 is 0. The Bertz CT molecular complexity index is 1390. The first-order valence-electron chi connectivity index (χ1n) is 11.2. The van der Waals surface area contributed by atoms with Crippen LogP contribution in [0, 0.1) is 5.82 Å².